The molecule has 2 rings (SSSR count). The Balaban J connectivity index is 1.82. The second-order valence-corrected chi connectivity index (χ2v) is 5.95. The highest BCUT2D eigenvalue weighted by Gasteiger charge is 2.14. The number of aromatic carboxylic acids is 1. The summed E-state index contributed by atoms with van der Waals surface area (Å²) in [7, 11) is 1.90. The van der Waals surface area contributed by atoms with Gasteiger partial charge in [-0.1, -0.05) is 0 Å². The Morgan fingerprint density at radius 1 is 1.48 bits per heavy atom. The van der Waals surface area contributed by atoms with Gasteiger partial charge in [-0.25, -0.2) is 4.79 Å². The van der Waals surface area contributed by atoms with Crippen molar-refractivity contribution in [1.82, 2.24) is 19.7 Å². The van der Waals surface area contributed by atoms with Gasteiger partial charge in [0.25, 0.3) is 0 Å². The molecule has 9 heteroatoms. The van der Waals surface area contributed by atoms with Gasteiger partial charge in [-0.2, -0.15) is 0 Å². The maximum Gasteiger partial charge on any atom is 0.348 e. The van der Waals surface area contributed by atoms with Crippen molar-refractivity contribution in [3.8, 4) is 0 Å². The molecule has 0 saturated carbocycles. The van der Waals surface area contributed by atoms with Crippen LogP contribution in [0.25, 0.3) is 0 Å². The van der Waals surface area contributed by atoms with Crippen molar-refractivity contribution in [2.24, 2.45) is 0 Å². The third kappa shape index (κ3) is 4.60. The van der Waals surface area contributed by atoms with Crippen molar-refractivity contribution in [3.63, 3.8) is 0 Å². The molecule has 0 unspecified atom stereocenters. The Morgan fingerprint density at radius 2 is 2.26 bits per heavy atom. The maximum absolute atomic E-state index is 12.0. The van der Waals surface area contributed by atoms with Gasteiger partial charge in [0.15, 0.2) is 0 Å². The minimum Gasteiger partial charge on any atom is -0.477 e. The molecule has 2 heterocycles. The van der Waals surface area contributed by atoms with Crippen molar-refractivity contribution in [2.45, 2.75) is 26.4 Å². The fourth-order valence-electron chi connectivity index (χ4n) is 2.06. The number of carboxylic acid groups (broad SMARTS) is 1. The molecule has 23 heavy (non-hydrogen) atoms. The predicted octanol–water partition coefficient (Wildman–Crippen LogP) is 1.52. The van der Waals surface area contributed by atoms with Crippen molar-refractivity contribution in [1.29, 1.82) is 0 Å². The van der Waals surface area contributed by atoms with E-state index in [2.05, 4.69) is 15.5 Å². The maximum atomic E-state index is 12.0. The van der Waals surface area contributed by atoms with Crippen LogP contribution in [0.3, 0.4) is 0 Å². The molecular weight excluding hydrogens is 318 g/mol. The molecule has 0 atom stereocenters. The fraction of sp³-hybridized carbons (Fsp3) is 0.429. The summed E-state index contributed by atoms with van der Waals surface area (Å²) in [5.74, 6) is -0.401. The average Bonchev–Trinajstić information content (AvgIpc) is 3.14. The first kappa shape index (κ1) is 17.1. The van der Waals surface area contributed by atoms with Crippen LogP contribution in [0.5, 0.6) is 0 Å². The summed E-state index contributed by atoms with van der Waals surface area (Å²) in [6.07, 6.45) is 1.95. The zero-order valence-electron chi connectivity index (χ0n) is 13.0. The number of nitrogens with zero attached hydrogens (tertiary/aromatic N) is 4. The normalized spacial score (nSPS) is 10.9. The van der Waals surface area contributed by atoms with Crippen molar-refractivity contribution < 1.29 is 14.7 Å². The lowest BCUT2D eigenvalue weighted by molar-refractivity contribution is -0.116. The Labute approximate surface area is 137 Å². The zero-order chi connectivity index (χ0) is 16.8. The largest absolute Gasteiger partial charge is 0.477 e. The van der Waals surface area contributed by atoms with E-state index in [9.17, 15) is 9.59 Å². The monoisotopic (exact) mass is 337 g/mol. The van der Waals surface area contributed by atoms with Gasteiger partial charge in [-0.15, -0.1) is 21.5 Å². The highest BCUT2D eigenvalue weighted by atomic mass is 32.1. The molecule has 0 radical (unpaired) electrons. The molecule has 0 saturated heterocycles. The quantitative estimate of drug-likeness (QED) is 0.757. The zero-order valence-corrected chi connectivity index (χ0v) is 13.8. The number of carbonyl (C=O) groups is 2. The third-order valence-corrected chi connectivity index (χ3v) is 4.20. The van der Waals surface area contributed by atoms with Gasteiger partial charge >= 0.3 is 5.97 Å². The number of hydrogen-bond acceptors (Lipinski definition) is 6. The van der Waals surface area contributed by atoms with Crippen LogP contribution in [-0.4, -0.2) is 50.2 Å². The Morgan fingerprint density at radius 3 is 2.96 bits per heavy atom. The smallest absolute Gasteiger partial charge is 0.348 e. The minimum absolute atomic E-state index is 0.141. The van der Waals surface area contributed by atoms with Gasteiger partial charge in [0.2, 0.25) is 5.91 Å². The summed E-state index contributed by atoms with van der Waals surface area (Å²) < 4.78 is 1.95. The number of rotatable bonds is 8. The molecule has 124 valence electrons. The lowest BCUT2D eigenvalue weighted by atomic mass is 10.3. The molecule has 8 nitrogen and oxygen atoms in total. The number of hydrogen-bond donors (Lipinski definition) is 2. The molecule has 2 aromatic heterocycles. The van der Waals surface area contributed by atoms with E-state index in [1.165, 1.54) is 0 Å². The Kier molecular flexibility index (Phi) is 5.83. The van der Waals surface area contributed by atoms with E-state index in [4.69, 9.17) is 5.11 Å². The Hall–Kier alpha value is -2.26. The molecule has 1 amide bonds. The molecular formula is C14H19N5O3S. The number of anilines is 1. The molecule has 0 fully saturated rings. The number of carbonyl (C=O) groups excluding carboxylic acids is 1. The second-order valence-electron chi connectivity index (χ2n) is 5.04. The lowest BCUT2D eigenvalue weighted by Gasteiger charge is -2.16. The first-order valence-corrected chi connectivity index (χ1v) is 8.05. The van der Waals surface area contributed by atoms with E-state index >= 15 is 0 Å². The number of amides is 1. The highest BCUT2D eigenvalue weighted by molar-refractivity contribution is 7.12. The topological polar surface area (TPSA) is 100 Å². The molecule has 0 aliphatic carbocycles. The van der Waals surface area contributed by atoms with Crippen LogP contribution in [0.2, 0.25) is 0 Å². The number of aryl methyl sites for hydroxylation is 1. The third-order valence-electron chi connectivity index (χ3n) is 3.30. The van der Waals surface area contributed by atoms with Crippen molar-refractivity contribution >= 4 is 28.9 Å². The van der Waals surface area contributed by atoms with Crippen molar-refractivity contribution in [3.05, 3.63) is 28.5 Å². The van der Waals surface area contributed by atoms with Gasteiger partial charge in [-0.3, -0.25) is 9.69 Å². The summed E-state index contributed by atoms with van der Waals surface area (Å²) in [4.78, 5) is 25.1. The van der Waals surface area contributed by atoms with Crippen LogP contribution in [0, 0.1) is 0 Å². The molecule has 0 spiro atoms. The van der Waals surface area contributed by atoms with Crippen LogP contribution < -0.4 is 5.32 Å². The summed E-state index contributed by atoms with van der Waals surface area (Å²) in [6.45, 7) is 3.95. The SMILES string of the molecule is CCn1cnnc1CN(C)CCC(=O)Nc1ccsc1C(=O)O. The summed E-state index contributed by atoms with van der Waals surface area (Å²) in [5, 5.41) is 21.2. The van der Waals surface area contributed by atoms with Crippen LogP contribution >= 0.6 is 11.3 Å². The first-order valence-electron chi connectivity index (χ1n) is 7.17. The van der Waals surface area contributed by atoms with Gasteiger partial charge in [-0.05, 0) is 25.4 Å². The number of nitrogens with one attached hydrogen (secondary N) is 1. The van der Waals surface area contributed by atoms with E-state index in [0.717, 1.165) is 23.7 Å². The minimum atomic E-state index is -1.04. The number of aromatic nitrogens is 3. The van der Waals surface area contributed by atoms with Crippen LogP contribution in [0.4, 0.5) is 5.69 Å². The highest BCUT2D eigenvalue weighted by Crippen LogP contribution is 2.22. The molecule has 0 aliphatic heterocycles. The van der Waals surface area contributed by atoms with E-state index in [-0.39, 0.29) is 17.2 Å². The van der Waals surface area contributed by atoms with Crippen LogP contribution in [0.1, 0.15) is 28.8 Å². The first-order chi connectivity index (χ1) is 11.0. The predicted molar refractivity (Wildman–Crippen MR) is 86.6 cm³/mol. The lowest BCUT2D eigenvalue weighted by Crippen LogP contribution is -2.25. The van der Waals surface area contributed by atoms with E-state index in [0.29, 0.717) is 18.8 Å². The molecule has 2 aromatic rings. The van der Waals surface area contributed by atoms with Crippen molar-refractivity contribution in [2.75, 3.05) is 18.9 Å². The molecule has 0 bridgehead atoms. The second kappa shape index (κ2) is 7.84. The Bertz CT molecular complexity index is 682. The summed E-state index contributed by atoms with van der Waals surface area (Å²) in [6, 6.07) is 1.60. The molecule has 0 aliphatic rings. The van der Waals surface area contributed by atoms with E-state index < -0.39 is 5.97 Å². The van der Waals surface area contributed by atoms with Gasteiger partial charge in [0.05, 0.1) is 12.2 Å². The van der Waals surface area contributed by atoms with Gasteiger partial charge < -0.3 is 15.0 Å². The van der Waals surface area contributed by atoms with Gasteiger partial charge in [0.1, 0.15) is 17.0 Å². The number of thiophene rings is 1. The summed E-state index contributed by atoms with van der Waals surface area (Å²) in [5.41, 5.74) is 0.348. The molecule has 0 aromatic carbocycles. The standard InChI is InChI=1S/C14H19N5O3S/c1-3-19-9-15-17-11(19)8-18(2)6-4-12(20)16-10-5-7-23-13(10)14(21)22/h5,7,9H,3-4,6,8H2,1-2H3,(H,16,20)(H,21,22). The van der Waals surface area contributed by atoms with E-state index in [1.807, 2.05) is 23.4 Å². The fourth-order valence-corrected chi connectivity index (χ4v) is 2.75. The average molecular weight is 337 g/mol. The van der Waals surface area contributed by atoms with Crippen LogP contribution in [-0.2, 0) is 17.9 Å². The summed E-state index contributed by atoms with van der Waals surface area (Å²) >= 11 is 1.09. The van der Waals surface area contributed by atoms with Crippen LogP contribution in [0.15, 0.2) is 17.8 Å². The van der Waals surface area contributed by atoms with Gasteiger partial charge in [0, 0.05) is 19.5 Å². The van der Waals surface area contributed by atoms with E-state index in [1.54, 1.807) is 17.8 Å². The number of carboxylic acids is 1. The molecule has 2 N–H and O–H groups in total.